The predicted molar refractivity (Wildman–Crippen MR) is 123 cm³/mol. The molecule has 4 aliphatic rings. The minimum atomic E-state index is -4.74. The normalized spacial score (nSPS) is 40.7. The van der Waals surface area contributed by atoms with E-state index >= 15 is 0 Å². The van der Waals surface area contributed by atoms with Crippen LogP contribution in [0.15, 0.2) is 42.0 Å². The number of hydrogen-bond donors (Lipinski definition) is 1. The van der Waals surface area contributed by atoms with E-state index in [1.54, 1.807) is 12.1 Å². The maximum Gasteiger partial charge on any atom is 0.573 e. The molecule has 3 fully saturated rings. The zero-order valence-corrected chi connectivity index (χ0v) is 19.8. The number of carbonyl (C=O) groups is 1. The molecule has 184 valence electrons. The lowest BCUT2D eigenvalue weighted by Gasteiger charge is -2.59. The van der Waals surface area contributed by atoms with Crippen LogP contribution in [-0.4, -0.2) is 41.5 Å². The Morgan fingerprint density at radius 1 is 1.18 bits per heavy atom. The van der Waals surface area contributed by atoms with E-state index in [1.165, 1.54) is 18.2 Å². The lowest BCUT2D eigenvalue weighted by Crippen LogP contribution is -2.59. The number of alkyl halides is 3. The molecule has 1 amide bonds. The molecule has 0 spiro atoms. The predicted octanol–water partition coefficient (Wildman–Crippen LogP) is 5.58. The van der Waals surface area contributed by atoms with Crippen molar-refractivity contribution in [2.75, 3.05) is 7.05 Å². The molecule has 1 N–H and O–H groups in total. The first-order valence-electron chi connectivity index (χ1n) is 12.1. The van der Waals surface area contributed by atoms with Crippen LogP contribution in [0, 0.1) is 28.6 Å². The summed E-state index contributed by atoms with van der Waals surface area (Å²) in [5.74, 6) is 0.987. The lowest BCUT2D eigenvalue weighted by atomic mass is 9.48. The van der Waals surface area contributed by atoms with Crippen molar-refractivity contribution in [2.45, 2.75) is 64.5 Å². The van der Waals surface area contributed by atoms with Gasteiger partial charge in [0.25, 0.3) is 0 Å². The molecule has 5 rings (SSSR count). The quantitative estimate of drug-likeness (QED) is 0.608. The van der Waals surface area contributed by atoms with Gasteiger partial charge in [0.15, 0.2) is 0 Å². The summed E-state index contributed by atoms with van der Waals surface area (Å²) < 4.78 is 42.0. The average molecular weight is 476 g/mol. The van der Waals surface area contributed by atoms with E-state index in [9.17, 15) is 23.1 Å². The minimum Gasteiger partial charge on any atom is -0.406 e. The Balaban J connectivity index is 1.43. The number of aliphatic hydroxyl groups is 1. The lowest BCUT2D eigenvalue weighted by molar-refractivity contribution is -0.274. The molecule has 1 aromatic rings. The Morgan fingerprint density at radius 2 is 1.94 bits per heavy atom. The summed E-state index contributed by atoms with van der Waals surface area (Å²) in [5.41, 5.74) is 1.15. The van der Waals surface area contributed by atoms with Crippen molar-refractivity contribution in [3.05, 3.63) is 47.6 Å². The highest BCUT2D eigenvalue weighted by molar-refractivity contribution is 5.89. The van der Waals surface area contributed by atoms with Gasteiger partial charge in [-0.05, 0) is 79.2 Å². The van der Waals surface area contributed by atoms with E-state index in [-0.39, 0.29) is 28.5 Å². The van der Waals surface area contributed by atoms with Gasteiger partial charge >= 0.3 is 6.36 Å². The molecule has 1 aliphatic heterocycles. The van der Waals surface area contributed by atoms with Crippen molar-refractivity contribution in [3.8, 4) is 5.75 Å². The summed E-state index contributed by atoms with van der Waals surface area (Å²) in [6.45, 7) is 4.45. The summed E-state index contributed by atoms with van der Waals surface area (Å²) >= 11 is 0. The van der Waals surface area contributed by atoms with E-state index in [4.69, 9.17) is 0 Å². The molecule has 3 saturated carbocycles. The Labute approximate surface area is 198 Å². The summed E-state index contributed by atoms with van der Waals surface area (Å²) in [5, 5.41) is 11.4. The number of ether oxygens (including phenoxy) is 1. The molecular weight excluding hydrogens is 443 g/mol. The fourth-order valence-corrected chi connectivity index (χ4v) is 7.75. The molecule has 7 atom stereocenters. The number of rotatable bonds is 2. The van der Waals surface area contributed by atoms with Crippen LogP contribution in [0.25, 0.3) is 6.08 Å². The van der Waals surface area contributed by atoms with Crippen LogP contribution in [0.1, 0.15) is 51.5 Å². The molecule has 0 saturated heterocycles. The molecule has 0 radical (unpaired) electrons. The van der Waals surface area contributed by atoms with Crippen molar-refractivity contribution in [2.24, 2.45) is 28.6 Å². The maximum atomic E-state index is 12.6. The van der Waals surface area contributed by atoms with Crippen LogP contribution in [-0.2, 0) is 4.79 Å². The Morgan fingerprint density at radius 3 is 2.68 bits per heavy atom. The summed E-state index contributed by atoms with van der Waals surface area (Å²) in [6, 6.07) is 6.13. The highest BCUT2D eigenvalue weighted by Gasteiger charge is 2.61. The number of amides is 1. The number of nitrogens with zero attached hydrogens (tertiary/aromatic N) is 1. The van der Waals surface area contributed by atoms with Gasteiger partial charge in [0.05, 0.1) is 6.10 Å². The summed E-state index contributed by atoms with van der Waals surface area (Å²) in [6.07, 6.45) is 4.92. The van der Waals surface area contributed by atoms with Gasteiger partial charge in [-0.3, -0.25) is 4.79 Å². The van der Waals surface area contributed by atoms with Gasteiger partial charge in [-0.1, -0.05) is 38.1 Å². The van der Waals surface area contributed by atoms with Crippen LogP contribution in [0.4, 0.5) is 13.2 Å². The van der Waals surface area contributed by atoms with Crippen molar-refractivity contribution in [1.29, 1.82) is 0 Å². The molecule has 7 heteroatoms. The molecule has 4 nitrogen and oxygen atoms in total. The molecule has 1 heterocycles. The van der Waals surface area contributed by atoms with Gasteiger partial charge in [0, 0.05) is 23.9 Å². The number of halogens is 3. The number of carbonyl (C=O) groups excluding carboxylic acids is 1. The zero-order chi connectivity index (χ0) is 24.5. The highest BCUT2D eigenvalue weighted by atomic mass is 19.4. The van der Waals surface area contributed by atoms with Crippen molar-refractivity contribution in [3.63, 3.8) is 0 Å². The van der Waals surface area contributed by atoms with Crippen molar-refractivity contribution >= 4 is 12.0 Å². The second-order valence-corrected chi connectivity index (χ2v) is 11.1. The first-order chi connectivity index (χ1) is 15.9. The standard InChI is InChI=1S/C27H32F3NO3/c1-25-12-10-23(32)31(3)22(25)8-7-19-20(25)9-11-26(2)21(19)15-17(24(26)33)13-16-5-4-6-18(14-16)34-27(28,29)30/h4-6,10,12-14,19-22,24,33H,7-9,11,15H2,1-3H3/t19-,20-,21+,22?,24?,25-,26+/m1/s1. The molecule has 34 heavy (non-hydrogen) atoms. The third-order valence-corrected chi connectivity index (χ3v) is 9.44. The van der Waals surface area contributed by atoms with Gasteiger partial charge in [-0.15, -0.1) is 13.2 Å². The Kier molecular flexibility index (Phi) is 5.43. The van der Waals surface area contributed by atoms with E-state index in [1.807, 2.05) is 18.0 Å². The van der Waals surface area contributed by atoms with Crippen molar-refractivity contribution < 1.29 is 27.8 Å². The third kappa shape index (κ3) is 3.67. The topological polar surface area (TPSA) is 49.8 Å². The van der Waals surface area contributed by atoms with E-state index < -0.39 is 12.5 Å². The number of fused-ring (bicyclic) bond motifs is 5. The van der Waals surface area contributed by atoms with E-state index in [2.05, 4.69) is 24.7 Å². The maximum absolute atomic E-state index is 12.6. The van der Waals surface area contributed by atoms with Crippen LogP contribution < -0.4 is 4.74 Å². The zero-order valence-electron chi connectivity index (χ0n) is 19.8. The molecule has 2 unspecified atom stereocenters. The molecule has 0 aromatic heterocycles. The van der Waals surface area contributed by atoms with Crippen molar-refractivity contribution in [1.82, 2.24) is 4.90 Å². The van der Waals surface area contributed by atoms with Crippen LogP contribution in [0.2, 0.25) is 0 Å². The number of hydrogen-bond acceptors (Lipinski definition) is 3. The van der Waals surface area contributed by atoms with Gasteiger partial charge in [0.1, 0.15) is 5.75 Å². The second-order valence-electron chi connectivity index (χ2n) is 11.1. The number of likely N-dealkylation sites (N-methyl/N-ethyl adjacent to an activating group) is 1. The van der Waals surface area contributed by atoms with E-state index in [0.29, 0.717) is 23.3 Å². The monoisotopic (exact) mass is 475 g/mol. The summed E-state index contributed by atoms with van der Waals surface area (Å²) in [7, 11) is 1.90. The second kappa shape index (κ2) is 7.87. The van der Waals surface area contributed by atoms with Crippen LogP contribution >= 0.6 is 0 Å². The molecule has 1 aromatic carbocycles. The van der Waals surface area contributed by atoms with Crippen LogP contribution in [0.5, 0.6) is 5.75 Å². The molecule has 3 aliphatic carbocycles. The van der Waals surface area contributed by atoms with Gasteiger partial charge in [-0.2, -0.15) is 0 Å². The average Bonchev–Trinajstić information content (AvgIpc) is 3.01. The van der Waals surface area contributed by atoms with Gasteiger partial charge in [0.2, 0.25) is 5.91 Å². The first-order valence-corrected chi connectivity index (χ1v) is 12.1. The fourth-order valence-electron chi connectivity index (χ4n) is 7.75. The molecule has 0 bridgehead atoms. The third-order valence-electron chi connectivity index (χ3n) is 9.44. The minimum absolute atomic E-state index is 0.0693. The largest absolute Gasteiger partial charge is 0.573 e. The van der Waals surface area contributed by atoms with E-state index in [0.717, 1.165) is 37.7 Å². The fraction of sp³-hybridized carbons (Fsp3) is 0.593. The van der Waals surface area contributed by atoms with Crippen LogP contribution in [0.3, 0.4) is 0 Å². The first kappa shape index (κ1) is 23.5. The Hall–Kier alpha value is -2.28. The smallest absolute Gasteiger partial charge is 0.406 e. The summed E-state index contributed by atoms with van der Waals surface area (Å²) in [4.78, 5) is 14.2. The number of aliphatic hydroxyl groups excluding tert-OH is 1. The highest BCUT2D eigenvalue weighted by Crippen LogP contribution is 2.65. The number of benzene rings is 1. The van der Waals surface area contributed by atoms with Gasteiger partial charge in [-0.25, -0.2) is 0 Å². The van der Waals surface area contributed by atoms with Gasteiger partial charge < -0.3 is 14.7 Å². The SMILES string of the molecule is CN1C(=O)C=C[C@@]2(C)C1CC[C@@H]1[C@H]2CC[C@]2(C)C(O)C(=Cc3cccc(OC(F)(F)F)c3)C[C@@H]12. The molecular formula is C27H32F3NO3. The Bertz CT molecular complexity index is 1050.